The summed E-state index contributed by atoms with van der Waals surface area (Å²) in [5.74, 6) is -0.934. The zero-order valence-electron chi connectivity index (χ0n) is 27.2. The first-order chi connectivity index (χ1) is 23.0. The third-order valence-corrected chi connectivity index (χ3v) is 10.9. The van der Waals surface area contributed by atoms with Crippen molar-refractivity contribution in [2.45, 2.75) is 50.7 Å². The molecule has 245 valence electrons. The summed E-state index contributed by atoms with van der Waals surface area (Å²) in [5, 5.41) is 14.6. The Balaban J connectivity index is 1.38. The van der Waals surface area contributed by atoms with Crippen molar-refractivity contribution in [1.82, 2.24) is 0 Å². The maximum atomic E-state index is 13.9. The van der Waals surface area contributed by atoms with Crippen LogP contribution in [0.1, 0.15) is 50.0 Å². The van der Waals surface area contributed by atoms with E-state index < -0.39 is 38.5 Å². The van der Waals surface area contributed by atoms with E-state index in [9.17, 15) is 18.7 Å². The number of hydrogen-bond acceptors (Lipinski definition) is 4. The van der Waals surface area contributed by atoms with Crippen molar-refractivity contribution in [2.24, 2.45) is 0 Å². The lowest BCUT2D eigenvalue weighted by Crippen LogP contribution is -2.53. The van der Waals surface area contributed by atoms with Crippen LogP contribution in [-0.4, -0.2) is 32.4 Å². The maximum absolute atomic E-state index is 13.9. The van der Waals surface area contributed by atoms with Gasteiger partial charge >= 0.3 is 6.09 Å². The van der Waals surface area contributed by atoms with Gasteiger partial charge in [-0.25, -0.2) is 18.5 Å². The standard InChI is InChI=1S/C40H38F2NO4Si/c1-39(2,3)36-16-10-15-35-34(36)25-26-40(45,37(35)47-48(32-11-6-4-7-12-32)33-13-8-5-9-14-33)27-46-38(44)43(30-21-17-28(41)18-22-30)31-23-19-29(42)20-24-31/h4-24,37,45H,25-27H2,1-3H3/t37?,40-/m1/s1. The second kappa shape index (κ2) is 13.8. The highest BCUT2D eigenvalue weighted by molar-refractivity contribution is 6.80. The summed E-state index contributed by atoms with van der Waals surface area (Å²) < 4.78 is 40.7. The molecule has 0 saturated carbocycles. The van der Waals surface area contributed by atoms with Crippen molar-refractivity contribution in [2.75, 3.05) is 11.5 Å². The molecule has 0 aliphatic heterocycles. The molecule has 5 nitrogen and oxygen atoms in total. The molecule has 0 spiro atoms. The lowest BCUT2D eigenvalue weighted by atomic mass is 9.72. The normalized spacial score (nSPS) is 17.5. The molecule has 8 heteroatoms. The van der Waals surface area contributed by atoms with Gasteiger partial charge in [-0.05, 0) is 93.9 Å². The minimum Gasteiger partial charge on any atom is -0.446 e. The molecule has 1 aliphatic carbocycles. The predicted octanol–water partition coefficient (Wildman–Crippen LogP) is 7.78. The van der Waals surface area contributed by atoms with Crippen LogP contribution in [0.3, 0.4) is 0 Å². The summed E-state index contributed by atoms with van der Waals surface area (Å²) in [4.78, 5) is 15.1. The molecule has 0 heterocycles. The van der Waals surface area contributed by atoms with Crippen molar-refractivity contribution in [3.63, 3.8) is 0 Å². The second-order valence-corrected chi connectivity index (χ2v) is 15.2. The van der Waals surface area contributed by atoms with E-state index in [2.05, 4.69) is 26.8 Å². The SMILES string of the molecule is CC(C)(C)c1cccc2c1CC[C@@](O)(COC(=O)N(c1ccc(F)cc1)c1ccc(F)cc1)C2O[Si](c1ccccc1)c1ccccc1. The van der Waals surface area contributed by atoms with Gasteiger partial charge in [0.1, 0.15) is 29.9 Å². The van der Waals surface area contributed by atoms with Gasteiger partial charge in [0.25, 0.3) is 9.04 Å². The summed E-state index contributed by atoms with van der Waals surface area (Å²) in [6, 6.07) is 36.8. The van der Waals surface area contributed by atoms with Gasteiger partial charge in [0, 0.05) is 0 Å². The fourth-order valence-corrected chi connectivity index (χ4v) is 8.48. The van der Waals surface area contributed by atoms with Crippen LogP contribution in [-0.2, 0) is 21.0 Å². The predicted molar refractivity (Wildman–Crippen MR) is 186 cm³/mol. The van der Waals surface area contributed by atoms with Crippen LogP contribution in [0, 0.1) is 11.6 Å². The monoisotopic (exact) mass is 662 g/mol. The Morgan fingerprint density at radius 1 is 0.792 bits per heavy atom. The Hall–Kier alpha value is -4.63. The smallest absolute Gasteiger partial charge is 0.419 e. The van der Waals surface area contributed by atoms with Gasteiger partial charge < -0.3 is 14.3 Å². The van der Waals surface area contributed by atoms with E-state index in [1.165, 1.54) is 59.0 Å². The molecule has 48 heavy (non-hydrogen) atoms. The van der Waals surface area contributed by atoms with Crippen LogP contribution in [0.25, 0.3) is 0 Å². The van der Waals surface area contributed by atoms with Crippen molar-refractivity contribution in [1.29, 1.82) is 0 Å². The van der Waals surface area contributed by atoms with Crippen molar-refractivity contribution >= 4 is 36.9 Å². The number of amides is 1. The van der Waals surface area contributed by atoms with E-state index in [0.29, 0.717) is 17.8 Å². The average molecular weight is 663 g/mol. The zero-order chi connectivity index (χ0) is 33.9. The minimum absolute atomic E-state index is 0.144. The zero-order valence-corrected chi connectivity index (χ0v) is 28.2. The molecule has 0 aromatic heterocycles. The number of ether oxygens (including phenoxy) is 1. The van der Waals surface area contributed by atoms with E-state index in [0.717, 1.165) is 21.5 Å². The topological polar surface area (TPSA) is 59.0 Å². The Kier molecular flexibility index (Phi) is 9.60. The van der Waals surface area contributed by atoms with Gasteiger partial charge in [0.2, 0.25) is 0 Å². The van der Waals surface area contributed by atoms with Crippen molar-refractivity contribution in [3.8, 4) is 0 Å². The third-order valence-electron chi connectivity index (χ3n) is 8.70. The minimum atomic E-state index is -1.89. The number of hydrogen-bond donors (Lipinski definition) is 1. The molecule has 1 unspecified atom stereocenters. The van der Waals surface area contributed by atoms with Gasteiger partial charge in [-0.1, -0.05) is 99.6 Å². The van der Waals surface area contributed by atoms with Gasteiger partial charge in [-0.3, -0.25) is 0 Å². The lowest BCUT2D eigenvalue weighted by molar-refractivity contribution is -0.108. The summed E-state index contributed by atoms with van der Waals surface area (Å²) in [6.07, 6.45) is -0.770. The first kappa shape index (κ1) is 33.3. The van der Waals surface area contributed by atoms with E-state index in [-0.39, 0.29) is 18.4 Å². The van der Waals surface area contributed by atoms with Crippen molar-refractivity contribution < 1.29 is 27.8 Å². The number of halogens is 2. The summed E-state index contributed by atoms with van der Waals surface area (Å²) in [5.41, 5.74) is 2.11. The number of anilines is 2. The van der Waals surface area contributed by atoms with Crippen LogP contribution in [0.2, 0.25) is 0 Å². The molecular weight excluding hydrogens is 625 g/mol. The van der Waals surface area contributed by atoms with Crippen LogP contribution in [0.15, 0.2) is 127 Å². The van der Waals surface area contributed by atoms with Crippen molar-refractivity contribution in [3.05, 3.63) is 156 Å². The average Bonchev–Trinajstić information content (AvgIpc) is 3.09. The van der Waals surface area contributed by atoms with Gasteiger partial charge in [-0.2, -0.15) is 0 Å². The molecule has 5 aromatic carbocycles. The lowest BCUT2D eigenvalue weighted by Gasteiger charge is -2.43. The quantitative estimate of drug-likeness (QED) is 0.173. The number of nitrogens with zero attached hydrogens (tertiary/aromatic N) is 1. The number of carbonyl (C=O) groups excluding carboxylic acids is 1. The molecule has 0 saturated heterocycles. The first-order valence-electron chi connectivity index (χ1n) is 16.0. The molecule has 2 atom stereocenters. The van der Waals surface area contributed by atoms with Gasteiger partial charge in [0.05, 0.1) is 11.4 Å². The number of rotatable bonds is 8. The molecule has 5 aromatic rings. The maximum Gasteiger partial charge on any atom is 0.419 e. The highest BCUT2D eigenvalue weighted by atomic mass is 28.3. The van der Waals surface area contributed by atoms with E-state index in [1.54, 1.807) is 0 Å². The fourth-order valence-electron chi connectivity index (χ4n) is 6.31. The first-order valence-corrected chi connectivity index (χ1v) is 17.4. The number of fused-ring (bicyclic) bond motifs is 1. The Bertz CT molecular complexity index is 1760. The van der Waals surface area contributed by atoms with Crippen LogP contribution in [0.4, 0.5) is 25.0 Å². The van der Waals surface area contributed by atoms with Gasteiger partial charge in [-0.15, -0.1) is 0 Å². The Labute approximate surface area is 282 Å². The second-order valence-electron chi connectivity index (χ2n) is 13.1. The summed E-state index contributed by atoms with van der Waals surface area (Å²) in [7, 11) is -1.89. The number of benzene rings is 5. The molecule has 1 N–H and O–H groups in total. The largest absolute Gasteiger partial charge is 0.446 e. The van der Waals surface area contributed by atoms with E-state index in [4.69, 9.17) is 9.16 Å². The molecule has 0 bridgehead atoms. The molecule has 6 rings (SSSR count). The molecular formula is C40H38F2NO4Si. The van der Waals surface area contributed by atoms with Crippen LogP contribution in [0.5, 0.6) is 0 Å². The summed E-state index contributed by atoms with van der Waals surface area (Å²) in [6.45, 7) is 6.14. The number of aliphatic hydroxyl groups is 1. The van der Waals surface area contributed by atoms with Gasteiger partial charge in [0.15, 0.2) is 0 Å². The summed E-state index contributed by atoms with van der Waals surface area (Å²) >= 11 is 0. The highest BCUT2D eigenvalue weighted by Gasteiger charge is 2.47. The van der Waals surface area contributed by atoms with Crippen LogP contribution >= 0.6 is 0 Å². The third kappa shape index (κ3) is 7.11. The Morgan fingerprint density at radius 3 is 1.81 bits per heavy atom. The molecule has 1 radical (unpaired) electrons. The Morgan fingerprint density at radius 2 is 1.31 bits per heavy atom. The van der Waals surface area contributed by atoms with E-state index >= 15 is 0 Å². The fraction of sp³-hybridized carbons (Fsp3) is 0.225. The molecule has 1 aliphatic rings. The highest BCUT2D eigenvalue weighted by Crippen LogP contribution is 2.44. The molecule has 0 fully saturated rings. The van der Waals surface area contributed by atoms with E-state index in [1.807, 2.05) is 72.8 Å². The molecule has 1 amide bonds. The van der Waals surface area contributed by atoms with Crippen LogP contribution < -0.4 is 15.3 Å². The number of carbonyl (C=O) groups is 1.